The van der Waals surface area contributed by atoms with Crippen LogP contribution >= 0.6 is 11.3 Å². The van der Waals surface area contributed by atoms with E-state index in [-0.39, 0.29) is 103 Å². The number of pyridine rings is 2. The molecule has 99 heavy (non-hydrogen) atoms. The number of thiazole rings is 1. The molecular formula is C72H83N13O13S. The van der Waals surface area contributed by atoms with Crippen molar-refractivity contribution in [1.82, 2.24) is 45.5 Å². The van der Waals surface area contributed by atoms with Crippen LogP contribution in [0, 0.1) is 34.3 Å². The summed E-state index contributed by atoms with van der Waals surface area (Å²) in [5, 5.41) is 43.5. The topological polar surface area (TPSA) is 356 Å². The summed E-state index contributed by atoms with van der Waals surface area (Å²) in [6.07, 6.45) is 13.8. The number of nitrogens with two attached hydrogens (primary N) is 1. The molecule has 5 heterocycles. The highest BCUT2D eigenvalue weighted by molar-refractivity contribution is 7.22. The van der Waals surface area contributed by atoms with Crippen LogP contribution < -0.4 is 37.0 Å². The van der Waals surface area contributed by atoms with Crippen molar-refractivity contribution < 1.29 is 62.5 Å². The number of imide groups is 1. The molecule has 12 rings (SSSR count). The molecule has 26 nitrogen and oxygen atoms in total. The molecule has 8 N–H and O–H groups in total. The van der Waals surface area contributed by atoms with Crippen LogP contribution in [-0.4, -0.2) is 139 Å². The summed E-state index contributed by atoms with van der Waals surface area (Å²) < 4.78 is 16.2. The van der Waals surface area contributed by atoms with Gasteiger partial charge in [-0.05, 0) is 147 Å². The summed E-state index contributed by atoms with van der Waals surface area (Å²) in [6.45, 7) is 11.7. The quantitative estimate of drug-likeness (QED) is 0.00994. The number of anilines is 2. The number of carbonyl (C=O) groups is 9. The van der Waals surface area contributed by atoms with E-state index in [4.69, 9.17) is 25.3 Å². The van der Waals surface area contributed by atoms with Crippen molar-refractivity contribution in [2.24, 2.45) is 27.9 Å². The van der Waals surface area contributed by atoms with Crippen LogP contribution in [0.3, 0.4) is 0 Å². The third-order valence-corrected chi connectivity index (χ3v) is 20.3. The van der Waals surface area contributed by atoms with Crippen LogP contribution in [0.2, 0.25) is 0 Å². The van der Waals surface area contributed by atoms with Crippen molar-refractivity contribution in [2.75, 3.05) is 43.9 Å². The van der Waals surface area contributed by atoms with E-state index in [2.05, 4.69) is 45.4 Å². The lowest BCUT2D eigenvalue weighted by Crippen LogP contribution is -2.64. The first-order valence-electron chi connectivity index (χ1n) is 33.4. The van der Waals surface area contributed by atoms with Gasteiger partial charge in [0, 0.05) is 90.6 Å². The molecule has 4 atom stereocenters. The molecule has 0 radical (unpaired) electrons. The summed E-state index contributed by atoms with van der Waals surface area (Å²) in [5.74, 6) is -4.30. The number of nitrogens with one attached hydrogen (secondary N) is 5. The third kappa shape index (κ3) is 16.4. The zero-order valence-electron chi connectivity index (χ0n) is 56.3. The number of rotatable bonds is 29. The molecule has 0 saturated heterocycles. The predicted molar refractivity (Wildman–Crippen MR) is 369 cm³/mol. The fraction of sp³-hybridized carbons (Fsp3) is 0.431. The summed E-state index contributed by atoms with van der Waals surface area (Å²) >= 11 is 1.32. The Bertz CT molecular complexity index is 4270. The second kappa shape index (κ2) is 29.1. The Morgan fingerprint density at radius 1 is 0.828 bits per heavy atom. The van der Waals surface area contributed by atoms with E-state index in [0.717, 1.165) is 59.3 Å². The van der Waals surface area contributed by atoms with Crippen LogP contribution in [-0.2, 0) is 46.6 Å². The highest BCUT2D eigenvalue weighted by Crippen LogP contribution is 2.72. The third-order valence-electron chi connectivity index (χ3n) is 19.3. The van der Waals surface area contributed by atoms with Gasteiger partial charge >= 0.3 is 18.1 Å². The first kappa shape index (κ1) is 70.2. The Morgan fingerprint density at radius 2 is 1.57 bits per heavy atom. The molecule has 4 aromatic heterocycles. The van der Waals surface area contributed by atoms with Gasteiger partial charge in [0.15, 0.2) is 23.2 Å². The number of carbonyl (C=O) groups excluding carboxylic acids is 8. The highest BCUT2D eigenvalue weighted by atomic mass is 32.1. The van der Waals surface area contributed by atoms with E-state index in [9.17, 15) is 53.5 Å². The highest BCUT2D eigenvalue weighted by Gasteiger charge is 2.66. The minimum atomic E-state index is -1.22. The number of ether oxygens (including phenoxy) is 2. The number of carboxylic acids is 1. The van der Waals surface area contributed by atoms with Crippen molar-refractivity contribution in [3.63, 3.8) is 0 Å². The SMILES string of the molecule is Cc1c(-c2ccc(-c3ccc4c[n+]([O-])cc(C(=O)Nc5nc6ccccc6s5)c4c3)nc2C(=O)O)cnn1CC12CC3(C)CC(C)(C1)CC(OCCN(C)C(=O)OCc1ccc(NC(=O)[C@H](CCCNC(N)=O)NC(=O)[C@@H](NC(=O)CCCCCN4C(=O)C=CC4=O)C(C)C)cc1)(C3)C2. The van der Waals surface area contributed by atoms with Gasteiger partial charge in [0.05, 0.1) is 34.3 Å². The zero-order valence-corrected chi connectivity index (χ0v) is 57.1. The Hall–Kier alpha value is -10.2. The molecule has 2 unspecified atom stereocenters. The lowest BCUT2D eigenvalue weighted by Gasteiger charge is -2.69. The van der Waals surface area contributed by atoms with Crippen molar-refractivity contribution in [1.29, 1.82) is 0 Å². The fourth-order valence-electron chi connectivity index (χ4n) is 15.9. The molecule has 4 bridgehead atoms. The van der Waals surface area contributed by atoms with Gasteiger partial charge in [0.25, 0.3) is 17.7 Å². The molecular weight excluding hydrogens is 1290 g/mol. The van der Waals surface area contributed by atoms with Gasteiger partial charge in [-0.25, -0.2) is 24.4 Å². The number of unbranched alkanes of at least 4 members (excludes halogenated alkanes) is 2. The number of urea groups is 1. The second-order valence-electron chi connectivity index (χ2n) is 28.1. The number of hydrogen-bond donors (Lipinski definition) is 7. The number of carboxylic acid groups (broad SMARTS) is 1. The molecule has 1 aliphatic heterocycles. The molecule has 4 saturated carbocycles. The summed E-state index contributed by atoms with van der Waals surface area (Å²) in [5.41, 5.74) is 9.05. The maximum absolute atomic E-state index is 13.8. The van der Waals surface area contributed by atoms with Gasteiger partial charge in [0.2, 0.25) is 17.7 Å². The number of amides is 9. The van der Waals surface area contributed by atoms with Gasteiger partial charge in [-0.2, -0.15) is 9.83 Å². The Balaban J connectivity index is 0.677. The number of aromatic carboxylic acids is 1. The molecule has 9 amide bonds. The summed E-state index contributed by atoms with van der Waals surface area (Å²) in [7, 11) is 1.66. The van der Waals surface area contributed by atoms with Gasteiger partial charge in [0.1, 0.15) is 24.3 Å². The van der Waals surface area contributed by atoms with E-state index in [1.54, 1.807) is 81.7 Å². The van der Waals surface area contributed by atoms with Crippen LogP contribution in [0.4, 0.5) is 20.4 Å². The van der Waals surface area contributed by atoms with E-state index in [1.165, 1.54) is 40.8 Å². The lowest BCUT2D eigenvalue weighted by atomic mass is 9.39. The number of hydrogen-bond acceptors (Lipinski definition) is 16. The van der Waals surface area contributed by atoms with E-state index in [0.29, 0.717) is 80.1 Å². The maximum Gasteiger partial charge on any atom is 0.409 e. The Morgan fingerprint density at radius 3 is 2.27 bits per heavy atom. The van der Waals surface area contributed by atoms with Crippen LogP contribution in [0.15, 0.2) is 110 Å². The summed E-state index contributed by atoms with van der Waals surface area (Å²) in [6, 6.07) is 20.1. The number of fused-ring (bicyclic) bond motifs is 2. The zero-order chi connectivity index (χ0) is 70.6. The maximum atomic E-state index is 13.8. The normalized spacial score (nSPS) is 20.5. The molecule has 27 heteroatoms. The molecule has 4 aliphatic carbocycles. The van der Waals surface area contributed by atoms with Crippen LogP contribution in [0.5, 0.6) is 0 Å². The standard InChI is InChI=1S/C72H83N13O13S/c1-43(2)60(80-57(86)16-8-7-11-28-84-58(87)25-26-59(84)88)64(91)78-55(14-12-27-74-66(73)94)63(90)76-48-21-17-45(18-22-48)35-97-68(95)82(6)29-30-98-72-39-69(4)36-70(5,40-72)38-71(37-69,41-72)42-85-44(3)51(32-75-85)49-23-24-53(77-61(49)65(92)93)46-19-20-47-33-83(96)34-52(50(47)31-46)62(89)81-67-79-54-13-9-10-15-56(54)99-67/h9-10,13,15,17-26,31-34,43,55,60H,7-8,11-12,14,16,27-30,35-42H2,1-6H3,(H,76,90)(H,78,91)(H,80,86)(H,92,93)(H3,73,74,94)(H,79,81,89)/t55-,60-,69?,70?,71?,72?/m0/s1. The monoisotopic (exact) mass is 1370 g/mol. The Labute approximate surface area is 576 Å². The van der Waals surface area contributed by atoms with E-state index < -0.39 is 53.5 Å². The van der Waals surface area contributed by atoms with Gasteiger partial charge in [-0.15, -0.1) is 0 Å². The van der Waals surface area contributed by atoms with Gasteiger partial charge in [-0.3, -0.25) is 43.7 Å². The number of aromatic nitrogens is 5. The first-order chi connectivity index (χ1) is 47.2. The minimum Gasteiger partial charge on any atom is -0.619 e. The lowest BCUT2D eigenvalue weighted by molar-refractivity contribution is -0.604. The number of para-hydroxylation sites is 1. The van der Waals surface area contributed by atoms with Crippen LogP contribution in [0.1, 0.15) is 137 Å². The largest absolute Gasteiger partial charge is 0.619 e. The first-order valence-corrected chi connectivity index (χ1v) is 34.2. The van der Waals surface area contributed by atoms with Gasteiger partial charge in [-0.1, -0.05) is 75.8 Å². The van der Waals surface area contributed by atoms with Crippen molar-refractivity contribution in [2.45, 2.75) is 143 Å². The van der Waals surface area contributed by atoms with Crippen LogP contribution in [0.25, 0.3) is 43.4 Å². The fourth-order valence-corrected chi connectivity index (χ4v) is 16.8. The van der Waals surface area contributed by atoms with Crippen molar-refractivity contribution >= 4 is 96.7 Å². The smallest absolute Gasteiger partial charge is 0.409 e. The second-order valence-corrected chi connectivity index (χ2v) is 29.1. The number of primary amides is 1. The number of benzene rings is 3. The molecule has 7 aromatic rings. The average Bonchev–Trinajstić information content (AvgIpc) is 0.846. The molecule has 4 fully saturated rings. The number of likely N-dealkylation sites (N-methyl/N-ethyl adjacent to an activating group) is 1. The Kier molecular flexibility index (Phi) is 20.6. The van der Waals surface area contributed by atoms with Crippen molar-refractivity contribution in [3.8, 4) is 22.4 Å². The number of nitrogens with zero attached hydrogens (tertiary/aromatic N) is 7. The molecule has 3 aromatic carbocycles. The van der Waals surface area contributed by atoms with E-state index in [1.807, 2.05) is 35.9 Å². The molecule has 5 aliphatic rings. The van der Waals surface area contributed by atoms with E-state index >= 15 is 0 Å². The average molecular weight is 1370 g/mol. The minimum absolute atomic E-state index is 0.0161. The summed E-state index contributed by atoms with van der Waals surface area (Å²) in [4.78, 5) is 128. The molecule has 520 valence electrons. The predicted octanol–water partition coefficient (Wildman–Crippen LogP) is 9.17. The molecule has 0 spiro atoms. The van der Waals surface area contributed by atoms with Crippen molar-refractivity contribution in [3.05, 3.63) is 137 Å². The van der Waals surface area contributed by atoms with Gasteiger partial charge < -0.3 is 51.7 Å².